The first kappa shape index (κ1) is 20.3. The summed E-state index contributed by atoms with van der Waals surface area (Å²) < 4.78 is 16.9. The fourth-order valence-corrected chi connectivity index (χ4v) is 4.42. The zero-order valence-electron chi connectivity index (χ0n) is 16.1. The molecule has 0 amide bonds. The lowest BCUT2D eigenvalue weighted by Crippen LogP contribution is -2.33. The third kappa shape index (κ3) is 4.90. The van der Waals surface area contributed by atoms with Crippen LogP contribution in [0.4, 0.5) is 0 Å². The highest BCUT2D eigenvalue weighted by Gasteiger charge is 2.50. The van der Waals surface area contributed by atoms with Crippen LogP contribution in [0.2, 0.25) is 0 Å². The molecule has 1 aromatic carbocycles. The van der Waals surface area contributed by atoms with Crippen molar-refractivity contribution in [2.24, 2.45) is 11.8 Å². The average Bonchev–Trinajstić information content (AvgIpc) is 3.20. The molecule has 2 bridgehead atoms. The molecular formula is C21H26O7. The smallest absolute Gasteiger partial charge is 0.307 e. The van der Waals surface area contributed by atoms with Crippen LogP contribution in [0.5, 0.6) is 0 Å². The summed E-state index contributed by atoms with van der Waals surface area (Å²) in [7, 11) is 0. The highest BCUT2D eigenvalue weighted by Crippen LogP contribution is 2.47. The van der Waals surface area contributed by atoms with E-state index in [9.17, 15) is 14.4 Å². The second kappa shape index (κ2) is 8.73. The molecular weight excluding hydrogens is 364 g/mol. The van der Waals surface area contributed by atoms with E-state index in [0.717, 1.165) is 18.4 Å². The van der Waals surface area contributed by atoms with Crippen molar-refractivity contribution in [3.63, 3.8) is 0 Å². The number of carbonyl (C=O) groups is 3. The van der Waals surface area contributed by atoms with Gasteiger partial charge in [-0.15, -0.1) is 0 Å². The summed E-state index contributed by atoms with van der Waals surface area (Å²) in [5, 5.41) is 9.04. The molecule has 7 heteroatoms. The summed E-state index contributed by atoms with van der Waals surface area (Å²) in [5.74, 6) is -1.45. The van der Waals surface area contributed by atoms with Crippen LogP contribution in [-0.2, 0) is 35.0 Å². The number of carbonyl (C=O) groups excluding carboxylic acids is 2. The van der Waals surface area contributed by atoms with Crippen LogP contribution in [-0.4, -0.2) is 41.8 Å². The highest BCUT2D eigenvalue weighted by molar-refractivity contribution is 5.70. The number of aliphatic carboxylic acids is 1. The molecule has 0 saturated carbocycles. The van der Waals surface area contributed by atoms with E-state index in [2.05, 4.69) is 0 Å². The molecule has 1 unspecified atom stereocenters. The Balaban J connectivity index is 1.79. The van der Waals surface area contributed by atoms with Crippen LogP contribution in [0, 0.1) is 11.8 Å². The fourth-order valence-electron chi connectivity index (χ4n) is 4.42. The van der Waals surface area contributed by atoms with Gasteiger partial charge in [-0.1, -0.05) is 24.3 Å². The Labute approximate surface area is 164 Å². The predicted octanol–water partition coefficient (Wildman–Crippen LogP) is 2.66. The van der Waals surface area contributed by atoms with Crippen molar-refractivity contribution in [2.75, 3.05) is 6.61 Å². The molecule has 0 spiro atoms. The number of carboxylic acids is 1. The minimum atomic E-state index is -0.913. The van der Waals surface area contributed by atoms with Gasteiger partial charge >= 0.3 is 17.9 Å². The van der Waals surface area contributed by atoms with Crippen LogP contribution >= 0.6 is 0 Å². The van der Waals surface area contributed by atoms with Crippen LogP contribution in [0.1, 0.15) is 50.3 Å². The first-order valence-electron chi connectivity index (χ1n) is 9.60. The molecule has 0 radical (unpaired) electrons. The van der Waals surface area contributed by atoms with Gasteiger partial charge in [-0.25, -0.2) is 0 Å². The van der Waals surface area contributed by atoms with Crippen LogP contribution in [0.3, 0.4) is 0 Å². The molecule has 0 aromatic heterocycles. The van der Waals surface area contributed by atoms with E-state index >= 15 is 0 Å². The lowest BCUT2D eigenvalue weighted by molar-refractivity contribution is -0.148. The first-order valence-corrected chi connectivity index (χ1v) is 9.60. The zero-order chi connectivity index (χ0) is 20.3. The van der Waals surface area contributed by atoms with E-state index in [4.69, 9.17) is 19.3 Å². The van der Waals surface area contributed by atoms with Crippen LogP contribution < -0.4 is 0 Å². The van der Waals surface area contributed by atoms with E-state index in [1.165, 1.54) is 13.8 Å². The molecule has 0 aliphatic carbocycles. The number of rotatable bonds is 8. The Hall–Kier alpha value is -2.41. The average molecular weight is 390 g/mol. The van der Waals surface area contributed by atoms with Gasteiger partial charge in [-0.2, -0.15) is 0 Å². The van der Waals surface area contributed by atoms with E-state index in [-0.39, 0.29) is 36.4 Å². The Morgan fingerprint density at radius 2 is 1.86 bits per heavy atom. The number of hydrogen-bond acceptors (Lipinski definition) is 6. The predicted molar refractivity (Wildman–Crippen MR) is 98.4 cm³/mol. The topological polar surface area (TPSA) is 99.1 Å². The van der Waals surface area contributed by atoms with Crippen molar-refractivity contribution < 1.29 is 33.7 Å². The Morgan fingerprint density at radius 1 is 1.14 bits per heavy atom. The minimum Gasteiger partial charge on any atom is -0.481 e. The van der Waals surface area contributed by atoms with Gasteiger partial charge in [0.15, 0.2) is 0 Å². The molecule has 2 fully saturated rings. The van der Waals surface area contributed by atoms with Crippen molar-refractivity contribution in [3.05, 3.63) is 35.4 Å². The van der Waals surface area contributed by atoms with Gasteiger partial charge in [-0.3, -0.25) is 14.4 Å². The van der Waals surface area contributed by atoms with E-state index < -0.39 is 18.0 Å². The van der Waals surface area contributed by atoms with Gasteiger partial charge in [0, 0.05) is 19.8 Å². The summed E-state index contributed by atoms with van der Waals surface area (Å²) in [6.45, 7) is 3.05. The van der Waals surface area contributed by atoms with Crippen LogP contribution in [0.15, 0.2) is 24.3 Å². The molecule has 1 N–H and O–H groups in total. The minimum absolute atomic E-state index is 0.0608. The maximum absolute atomic E-state index is 11.7. The maximum atomic E-state index is 11.7. The monoisotopic (exact) mass is 390 g/mol. The third-order valence-corrected chi connectivity index (χ3v) is 5.54. The van der Waals surface area contributed by atoms with E-state index in [0.29, 0.717) is 18.6 Å². The molecule has 1 aromatic rings. The van der Waals surface area contributed by atoms with Crippen molar-refractivity contribution in [3.8, 4) is 0 Å². The Morgan fingerprint density at radius 3 is 2.50 bits per heavy atom. The molecule has 7 nitrogen and oxygen atoms in total. The molecule has 2 heterocycles. The van der Waals surface area contributed by atoms with Gasteiger partial charge in [0.25, 0.3) is 0 Å². The summed E-state index contributed by atoms with van der Waals surface area (Å²) >= 11 is 0. The second-order valence-electron chi connectivity index (χ2n) is 7.57. The Kier molecular flexibility index (Phi) is 6.34. The van der Waals surface area contributed by atoms with Crippen molar-refractivity contribution in [1.29, 1.82) is 0 Å². The van der Waals surface area contributed by atoms with Gasteiger partial charge in [0.1, 0.15) is 6.10 Å². The largest absolute Gasteiger partial charge is 0.481 e. The second-order valence-corrected chi connectivity index (χ2v) is 7.57. The summed E-state index contributed by atoms with van der Waals surface area (Å²) in [5.41, 5.74) is 1.42. The maximum Gasteiger partial charge on any atom is 0.307 e. The van der Waals surface area contributed by atoms with E-state index in [1.54, 1.807) is 18.2 Å². The van der Waals surface area contributed by atoms with E-state index in [1.807, 2.05) is 6.07 Å². The molecule has 5 atom stereocenters. The fraction of sp³-hybridized carbons (Fsp3) is 0.571. The number of benzene rings is 1. The third-order valence-electron chi connectivity index (χ3n) is 5.54. The summed E-state index contributed by atoms with van der Waals surface area (Å²) in [6.07, 6.45) is 1.96. The normalized spacial score (nSPS) is 26.6. The number of hydrogen-bond donors (Lipinski definition) is 1. The molecule has 28 heavy (non-hydrogen) atoms. The summed E-state index contributed by atoms with van der Waals surface area (Å²) in [6, 6.07) is 7.13. The standard InChI is InChI=1S/C21H26O7/c1-12(22)26-11-17-16(18-6-7-19(17)28-18)10-20(27-13(2)23)15-5-3-4-14(8-15)9-21(24)25/h3-5,8,16-20H,6-7,9-11H2,1-2H3,(H,24,25)/t16-,17+,18+,19-,20?/m1/s1. The lowest BCUT2D eigenvalue weighted by atomic mass is 9.76. The van der Waals surface area contributed by atoms with Gasteiger partial charge < -0.3 is 19.3 Å². The highest BCUT2D eigenvalue weighted by atomic mass is 16.5. The zero-order valence-corrected chi connectivity index (χ0v) is 16.1. The van der Waals surface area contributed by atoms with Gasteiger partial charge in [-0.05, 0) is 36.3 Å². The van der Waals surface area contributed by atoms with Gasteiger partial charge in [0.2, 0.25) is 0 Å². The number of ether oxygens (including phenoxy) is 3. The SMILES string of the molecule is CC(=O)OC[C@H]1[C@@H](CC(OC(C)=O)c2cccc(CC(=O)O)c2)[C@@H]2CC[C@H]1O2. The van der Waals surface area contributed by atoms with Crippen LogP contribution in [0.25, 0.3) is 0 Å². The quantitative estimate of drug-likeness (QED) is 0.681. The van der Waals surface area contributed by atoms with Crippen molar-refractivity contribution in [2.45, 2.75) is 57.8 Å². The number of carboxylic acid groups (broad SMARTS) is 1. The first-order chi connectivity index (χ1) is 13.3. The molecule has 152 valence electrons. The molecule has 2 saturated heterocycles. The molecule has 2 aliphatic heterocycles. The van der Waals surface area contributed by atoms with Crippen molar-refractivity contribution in [1.82, 2.24) is 0 Å². The summed E-state index contributed by atoms with van der Waals surface area (Å²) in [4.78, 5) is 34.0. The van der Waals surface area contributed by atoms with Crippen molar-refractivity contribution >= 4 is 17.9 Å². The lowest BCUT2D eigenvalue weighted by Gasteiger charge is -2.30. The molecule has 3 rings (SSSR count). The Bertz CT molecular complexity index is 744. The van der Waals surface area contributed by atoms with Gasteiger partial charge in [0.05, 0.1) is 25.2 Å². The molecule has 2 aliphatic rings. The number of fused-ring (bicyclic) bond motifs is 2. The number of esters is 2.